The molecule has 0 atom stereocenters. The lowest BCUT2D eigenvalue weighted by Gasteiger charge is -2.05. The Labute approximate surface area is 104 Å². The Balaban J connectivity index is 2.41. The lowest BCUT2D eigenvalue weighted by atomic mass is 10.0. The maximum atomic E-state index is 5.22. The number of methoxy groups -OCH3 is 1. The summed E-state index contributed by atoms with van der Waals surface area (Å²) in [4.78, 5) is 0. The van der Waals surface area contributed by atoms with Gasteiger partial charge in [0.1, 0.15) is 5.75 Å². The van der Waals surface area contributed by atoms with Gasteiger partial charge in [-0.05, 0) is 28.8 Å². The average molecular weight is 277 g/mol. The van der Waals surface area contributed by atoms with Crippen LogP contribution in [0.4, 0.5) is 0 Å². The Hall–Kier alpha value is -1.28. The number of hydrogen-bond acceptors (Lipinski definition) is 1. The second kappa shape index (κ2) is 5.17. The van der Waals surface area contributed by atoms with E-state index in [0.717, 1.165) is 11.1 Å². The van der Waals surface area contributed by atoms with Crippen molar-refractivity contribution in [1.29, 1.82) is 0 Å². The minimum atomic E-state index is 0.880. The van der Waals surface area contributed by atoms with Crippen molar-refractivity contribution in [2.75, 3.05) is 7.11 Å². The molecule has 0 radical (unpaired) electrons. The molecule has 0 aromatic heterocycles. The average Bonchev–Trinajstić information content (AvgIpc) is 2.39. The number of hydrogen-bond donors (Lipinski definition) is 0. The Morgan fingerprint density at radius 1 is 1.00 bits per heavy atom. The van der Waals surface area contributed by atoms with Gasteiger partial charge in [0.15, 0.2) is 0 Å². The minimum Gasteiger partial charge on any atom is -0.497 e. The summed E-state index contributed by atoms with van der Waals surface area (Å²) < 4.78 is 5.22. The normalized spacial score (nSPS) is 10.1. The van der Waals surface area contributed by atoms with Gasteiger partial charge in [-0.15, -0.1) is 0 Å². The fraction of sp³-hybridized carbons (Fsp3) is 0.143. The highest BCUT2D eigenvalue weighted by molar-refractivity contribution is 9.08. The Morgan fingerprint density at radius 3 is 2.38 bits per heavy atom. The molecule has 0 heterocycles. The second-order valence-electron chi connectivity index (χ2n) is 3.57. The van der Waals surface area contributed by atoms with E-state index < -0.39 is 0 Å². The van der Waals surface area contributed by atoms with Crippen LogP contribution in [-0.2, 0) is 5.33 Å². The highest BCUT2D eigenvalue weighted by atomic mass is 79.9. The van der Waals surface area contributed by atoms with Gasteiger partial charge < -0.3 is 4.74 Å². The van der Waals surface area contributed by atoms with Gasteiger partial charge in [-0.1, -0.05) is 52.3 Å². The van der Waals surface area contributed by atoms with Crippen molar-refractivity contribution >= 4 is 15.9 Å². The highest BCUT2D eigenvalue weighted by Gasteiger charge is 2.00. The smallest absolute Gasteiger partial charge is 0.119 e. The van der Waals surface area contributed by atoms with E-state index in [2.05, 4.69) is 46.3 Å². The van der Waals surface area contributed by atoms with Gasteiger partial charge in [-0.2, -0.15) is 0 Å². The molecule has 0 N–H and O–H groups in total. The molecule has 2 rings (SSSR count). The second-order valence-corrected chi connectivity index (χ2v) is 4.13. The van der Waals surface area contributed by atoms with Crippen molar-refractivity contribution < 1.29 is 4.74 Å². The van der Waals surface area contributed by atoms with E-state index in [1.165, 1.54) is 16.7 Å². The molecule has 0 aliphatic carbocycles. The van der Waals surface area contributed by atoms with Crippen LogP contribution in [0.3, 0.4) is 0 Å². The van der Waals surface area contributed by atoms with E-state index in [1.807, 2.05) is 18.2 Å². The van der Waals surface area contributed by atoms with E-state index in [-0.39, 0.29) is 0 Å². The molecule has 2 aromatic rings. The molecule has 0 amide bonds. The molecule has 0 aliphatic rings. The Kier molecular flexibility index (Phi) is 3.62. The van der Waals surface area contributed by atoms with E-state index in [4.69, 9.17) is 4.74 Å². The zero-order chi connectivity index (χ0) is 11.4. The lowest BCUT2D eigenvalue weighted by molar-refractivity contribution is 0.415. The number of rotatable bonds is 3. The molecule has 16 heavy (non-hydrogen) atoms. The van der Waals surface area contributed by atoms with Crippen LogP contribution < -0.4 is 4.74 Å². The van der Waals surface area contributed by atoms with Crippen LogP contribution >= 0.6 is 15.9 Å². The van der Waals surface area contributed by atoms with Gasteiger partial charge in [-0.3, -0.25) is 0 Å². The molecule has 0 fully saturated rings. The lowest BCUT2D eigenvalue weighted by Crippen LogP contribution is -1.84. The van der Waals surface area contributed by atoms with Gasteiger partial charge in [0.25, 0.3) is 0 Å². The summed E-state index contributed by atoms with van der Waals surface area (Å²) in [5.41, 5.74) is 3.68. The van der Waals surface area contributed by atoms with Gasteiger partial charge in [0, 0.05) is 5.33 Å². The van der Waals surface area contributed by atoms with Crippen molar-refractivity contribution in [2.45, 2.75) is 5.33 Å². The van der Waals surface area contributed by atoms with Crippen LogP contribution in [0.25, 0.3) is 11.1 Å². The number of benzene rings is 2. The summed E-state index contributed by atoms with van der Waals surface area (Å²) in [6.45, 7) is 0. The predicted molar refractivity (Wildman–Crippen MR) is 71.1 cm³/mol. The third-order valence-electron chi connectivity index (χ3n) is 2.48. The van der Waals surface area contributed by atoms with Crippen LogP contribution in [0.15, 0.2) is 48.5 Å². The van der Waals surface area contributed by atoms with Crippen LogP contribution in [0, 0.1) is 0 Å². The van der Waals surface area contributed by atoms with E-state index >= 15 is 0 Å². The maximum absolute atomic E-state index is 5.22. The van der Waals surface area contributed by atoms with E-state index in [1.54, 1.807) is 7.11 Å². The fourth-order valence-electron chi connectivity index (χ4n) is 1.64. The van der Waals surface area contributed by atoms with Crippen LogP contribution in [0.2, 0.25) is 0 Å². The Bertz CT molecular complexity index is 434. The van der Waals surface area contributed by atoms with Gasteiger partial charge in [-0.25, -0.2) is 0 Å². The monoisotopic (exact) mass is 276 g/mol. The van der Waals surface area contributed by atoms with Gasteiger partial charge in [0.2, 0.25) is 0 Å². The minimum absolute atomic E-state index is 0.880. The first-order valence-electron chi connectivity index (χ1n) is 5.13. The molecular weight excluding hydrogens is 264 g/mol. The van der Waals surface area contributed by atoms with Crippen molar-refractivity contribution in [3.8, 4) is 16.9 Å². The molecule has 0 spiro atoms. The Morgan fingerprint density at radius 2 is 1.69 bits per heavy atom. The van der Waals surface area contributed by atoms with Gasteiger partial charge in [0.05, 0.1) is 7.11 Å². The highest BCUT2D eigenvalue weighted by Crippen LogP contribution is 2.24. The quantitative estimate of drug-likeness (QED) is 0.762. The number of halogens is 1. The van der Waals surface area contributed by atoms with E-state index in [0.29, 0.717) is 0 Å². The zero-order valence-electron chi connectivity index (χ0n) is 9.11. The van der Waals surface area contributed by atoms with Crippen molar-refractivity contribution in [2.24, 2.45) is 0 Å². The molecule has 0 saturated carbocycles. The molecule has 0 unspecified atom stereocenters. The van der Waals surface area contributed by atoms with Crippen LogP contribution in [-0.4, -0.2) is 7.11 Å². The number of alkyl halides is 1. The fourth-order valence-corrected chi connectivity index (χ4v) is 1.99. The van der Waals surface area contributed by atoms with Crippen LogP contribution in [0.5, 0.6) is 5.75 Å². The zero-order valence-corrected chi connectivity index (χ0v) is 10.7. The first-order valence-corrected chi connectivity index (χ1v) is 6.25. The van der Waals surface area contributed by atoms with Crippen LogP contribution in [0.1, 0.15) is 5.56 Å². The molecule has 0 saturated heterocycles. The van der Waals surface area contributed by atoms with Crippen molar-refractivity contribution in [3.63, 3.8) is 0 Å². The van der Waals surface area contributed by atoms with Crippen molar-refractivity contribution in [3.05, 3.63) is 54.1 Å². The molecule has 0 bridgehead atoms. The summed E-state index contributed by atoms with van der Waals surface area (Å²) in [5.74, 6) is 0.891. The standard InChI is InChI=1S/C14H13BrO/c1-16-14-7-3-6-13(9-14)12-5-2-4-11(8-12)10-15/h2-9H,10H2,1H3. The molecule has 0 aliphatic heterocycles. The molecule has 82 valence electrons. The topological polar surface area (TPSA) is 9.23 Å². The third-order valence-corrected chi connectivity index (χ3v) is 3.13. The molecular formula is C14H13BrO. The number of ether oxygens (including phenoxy) is 1. The molecule has 2 aromatic carbocycles. The summed E-state index contributed by atoms with van der Waals surface area (Å²) in [6.07, 6.45) is 0. The predicted octanol–water partition coefficient (Wildman–Crippen LogP) is 4.26. The summed E-state index contributed by atoms with van der Waals surface area (Å²) in [6, 6.07) is 16.6. The SMILES string of the molecule is COc1cccc(-c2cccc(CBr)c2)c1. The third kappa shape index (κ3) is 2.45. The maximum Gasteiger partial charge on any atom is 0.119 e. The summed E-state index contributed by atoms with van der Waals surface area (Å²) in [5, 5.41) is 0.880. The van der Waals surface area contributed by atoms with Crippen molar-refractivity contribution in [1.82, 2.24) is 0 Å². The summed E-state index contributed by atoms with van der Waals surface area (Å²) >= 11 is 3.47. The summed E-state index contributed by atoms with van der Waals surface area (Å²) in [7, 11) is 1.69. The first kappa shape index (κ1) is 11.2. The largest absolute Gasteiger partial charge is 0.497 e. The van der Waals surface area contributed by atoms with Gasteiger partial charge >= 0.3 is 0 Å². The van der Waals surface area contributed by atoms with E-state index in [9.17, 15) is 0 Å². The molecule has 1 nitrogen and oxygen atoms in total. The molecule has 2 heteroatoms. The first-order chi connectivity index (χ1) is 7.83.